The zero-order valence-electron chi connectivity index (χ0n) is 20.3. The highest BCUT2D eigenvalue weighted by atomic mass is 32.2. The largest absolute Gasteiger partial charge is 0.465 e. The predicted molar refractivity (Wildman–Crippen MR) is 132 cm³/mol. The number of benzene rings is 1. The van der Waals surface area contributed by atoms with Crippen LogP contribution in [-0.4, -0.2) is 47.0 Å². The Morgan fingerprint density at radius 2 is 1.94 bits per heavy atom. The molecular weight excluding hydrogens is 438 g/mol. The molecule has 0 unspecified atom stereocenters. The van der Waals surface area contributed by atoms with Gasteiger partial charge in [0.25, 0.3) is 0 Å². The Balaban J connectivity index is 2.19. The van der Waals surface area contributed by atoms with E-state index in [1.807, 2.05) is 70.2 Å². The second kappa shape index (κ2) is 12.0. The number of esters is 1. The molecule has 7 heteroatoms. The Hall–Kier alpha value is -2.67. The van der Waals surface area contributed by atoms with Crippen LogP contribution < -0.4 is 4.74 Å². The van der Waals surface area contributed by atoms with Gasteiger partial charge in [-0.3, -0.25) is 4.79 Å². The zero-order valence-corrected chi connectivity index (χ0v) is 21.1. The van der Waals surface area contributed by atoms with Gasteiger partial charge in [0.1, 0.15) is 21.9 Å². The third-order valence-electron chi connectivity index (χ3n) is 4.88. The quantitative estimate of drug-likeness (QED) is 0.257. The number of hydrogen-bond acceptors (Lipinski definition) is 6. The third kappa shape index (κ3) is 8.00. The Labute approximate surface area is 201 Å². The lowest BCUT2D eigenvalue weighted by Crippen LogP contribution is -2.50. The first-order valence-corrected chi connectivity index (χ1v) is 12.0. The van der Waals surface area contributed by atoms with Crippen molar-refractivity contribution in [2.75, 3.05) is 19.7 Å². The highest BCUT2D eigenvalue weighted by Gasteiger charge is 2.45. The third-order valence-corrected chi connectivity index (χ3v) is 6.33. The van der Waals surface area contributed by atoms with Crippen molar-refractivity contribution in [3.63, 3.8) is 0 Å². The lowest BCUT2D eigenvalue weighted by atomic mass is 9.96. The van der Waals surface area contributed by atoms with E-state index in [9.17, 15) is 9.59 Å². The molecule has 1 aliphatic rings. The molecule has 0 radical (unpaired) electrons. The fraction of sp³-hybridized carbons (Fsp3) is 0.462. The molecule has 2 rings (SSSR count). The van der Waals surface area contributed by atoms with E-state index in [0.29, 0.717) is 44.0 Å². The maximum absolute atomic E-state index is 13.0. The van der Waals surface area contributed by atoms with Crippen LogP contribution in [0.2, 0.25) is 0 Å². The van der Waals surface area contributed by atoms with Gasteiger partial charge in [0.15, 0.2) is 0 Å². The summed E-state index contributed by atoms with van der Waals surface area (Å²) in [7, 11) is 0. The summed E-state index contributed by atoms with van der Waals surface area (Å²) >= 11 is 1.46. The number of likely N-dealkylation sites (tertiary alicyclic amines) is 1. The molecule has 6 nitrogen and oxygen atoms in total. The lowest BCUT2D eigenvalue weighted by Gasteiger charge is -2.39. The molecule has 1 aromatic carbocycles. The molecule has 1 amide bonds. The molecule has 0 atom stereocenters. The van der Waals surface area contributed by atoms with Gasteiger partial charge in [0, 0.05) is 18.0 Å². The first-order valence-electron chi connectivity index (χ1n) is 11.2. The van der Waals surface area contributed by atoms with Crippen LogP contribution in [0.3, 0.4) is 0 Å². The molecule has 0 bridgehead atoms. The summed E-state index contributed by atoms with van der Waals surface area (Å²) in [6, 6.07) is 7.60. The second-order valence-corrected chi connectivity index (χ2v) is 10.1. The molecule has 0 spiro atoms. The molecule has 180 valence electrons. The number of rotatable bonds is 8. The van der Waals surface area contributed by atoms with Crippen LogP contribution in [-0.2, 0) is 14.3 Å². The molecule has 1 saturated heterocycles. The van der Waals surface area contributed by atoms with E-state index in [0.717, 1.165) is 4.90 Å². The maximum Gasteiger partial charge on any atom is 0.410 e. The molecule has 1 aliphatic heterocycles. The van der Waals surface area contributed by atoms with Gasteiger partial charge in [0.2, 0.25) is 0 Å². The fourth-order valence-corrected chi connectivity index (χ4v) is 4.59. The van der Waals surface area contributed by atoms with E-state index < -0.39 is 10.3 Å². The van der Waals surface area contributed by atoms with Crippen molar-refractivity contribution in [2.45, 2.75) is 62.7 Å². The van der Waals surface area contributed by atoms with Gasteiger partial charge in [-0.2, -0.15) is 0 Å². The smallest absolute Gasteiger partial charge is 0.410 e. The van der Waals surface area contributed by atoms with Crippen molar-refractivity contribution in [2.24, 2.45) is 0 Å². The summed E-state index contributed by atoms with van der Waals surface area (Å²) in [5, 5.41) is 0. The minimum absolute atomic E-state index is 0.259. The number of thioether (sulfide) groups is 1. The van der Waals surface area contributed by atoms with E-state index >= 15 is 0 Å². The number of hydrogen-bond donors (Lipinski definition) is 0. The number of piperidine rings is 1. The zero-order chi connectivity index (χ0) is 24.5. The van der Waals surface area contributed by atoms with Crippen molar-refractivity contribution >= 4 is 23.8 Å². The molecule has 1 heterocycles. The maximum atomic E-state index is 13.0. The Kier molecular flexibility index (Phi) is 9.65. The van der Waals surface area contributed by atoms with Gasteiger partial charge >= 0.3 is 12.1 Å². The van der Waals surface area contributed by atoms with Crippen molar-refractivity contribution in [3.05, 3.63) is 60.9 Å². The Morgan fingerprint density at radius 3 is 2.52 bits per heavy atom. The van der Waals surface area contributed by atoms with Gasteiger partial charge in [-0.05, 0) is 77.8 Å². The lowest BCUT2D eigenvalue weighted by molar-refractivity contribution is -0.147. The number of carbonyl (C=O) groups is 2. The molecule has 0 aromatic heterocycles. The summed E-state index contributed by atoms with van der Waals surface area (Å²) in [6.07, 6.45) is 7.85. The van der Waals surface area contributed by atoms with Gasteiger partial charge in [-0.1, -0.05) is 24.8 Å². The molecule has 1 fully saturated rings. The van der Waals surface area contributed by atoms with E-state index in [2.05, 4.69) is 6.58 Å². The van der Waals surface area contributed by atoms with Crippen LogP contribution in [0.1, 0.15) is 47.5 Å². The molecular formula is C26H35NO5S. The average Bonchev–Trinajstić information content (AvgIpc) is 2.76. The second-order valence-electron chi connectivity index (χ2n) is 8.66. The minimum atomic E-state index is -0.783. The monoisotopic (exact) mass is 473 g/mol. The van der Waals surface area contributed by atoms with Crippen LogP contribution >= 0.6 is 11.8 Å². The van der Waals surface area contributed by atoms with Gasteiger partial charge < -0.3 is 19.1 Å². The van der Waals surface area contributed by atoms with Gasteiger partial charge in [-0.25, -0.2) is 4.79 Å². The minimum Gasteiger partial charge on any atom is -0.465 e. The number of amides is 1. The summed E-state index contributed by atoms with van der Waals surface area (Å²) in [5.41, 5.74) is -0.562. The first kappa shape index (κ1) is 26.6. The van der Waals surface area contributed by atoms with Crippen LogP contribution in [0, 0.1) is 0 Å². The van der Waals surface area contributed by atoms with E-state index in [1.165, 1.54) is 11.8 Å². The van der Waals surface area contributed by atoms with E-state index in [-0.39, 0.29) is 12.1 Å². The van der Waals surface area contributed by atoms with Gasteiger partial charge in [-0.15, -0.1) is 11.8 Å². The van der Waals surface area contributed by atoms with Crippen LogP contribution in [0.5, 0.6) is 5.75 Å². The van der Waals surface area contributed by atoms with Crippen molar-refractivity contribution in [3.8, 4) is 5.75 Å². The fourth-order valence-electron chi connectivity index (χ4n) is 3.29. The van der Waals surface area contributed by atoms with Gasteiger partial charge in [0.05, 0.1) is 6.61 Å². The highest BCUT2D eigenvalue weighted by Crippen LogP contribution is 2.43. The molecule has 1 aromatic rings. The SMILES string of the molecule is C=C/C(=C\C=C/C)Oc1cccc(SC2(C(=O)OCC)CCN(C(=O)OC(C)(C)C)CC2)c1. The summed E-state index contributed by atoms with van der Waals surface area (Å²) in [4.78, 5) is 28.0. The highest BCUT2D eigenvalue weighted by molar-refractivity contribution is 8.01. The van der Waals surface area contributed by atoms with Crippen molar-refractivity contribution in [1.82, 2.24) is 4.90 Å². The number of carbonyl (C=O) groups excluding carboxylic acids is 2. The summed E-state index contributed by atoms with van der Waals surface area (Å²) in [5.74, 6) is 1.02. The standard InChI is InChI=1S/C26H35NO5S/c1-7-10-12-20(8-2)31-21-13-11-14-22(19-21)33-26(23(28)30-9-3)15-17-27(18-16-26)24(29)32-25(4,5)6/h7-8,10-14,19H,2,9,15-18H2,1,3-6H3/b10-7-,20-12+. The van der Waals surface area contributed by atoms with Crippen LogP contribution in [0.4, 0.5) is 4.79 Å². The molecule has 0 N–H and O–H groups in total. The molecule has 0 saturated carbocycles. The Bertz CT molecular complexity index is 892. The van der Waals surface area contributed by atoms with E-state index in [4.69, 9.17) is 14.2 Å². The summed E-state index contributed by atoms with van der Waals surface area (Å²) < 4.78 is 16.1. The van der Waals surface area contributed by atoms with Crippen molar-refractivity contribution < 1.29 is 23.8 Å². The van der Waals surface area contributed by atoms with Crippen molar-refractivity contribution in [1.29, 1.82) is 0 Å². The predicted octanol–water partition coefficient (Wildman–Crippen LogP) is 6.14. The van der Waals surface area contributed by atoms with Crippen LogP contribution in [0.15, 0.2) is 65.8 Å². The number of nitrogens with zero attached hydrogens (tertiary/aromatic N) is 1. The van der Waals surface area contributed by atoms with E-state index in [1.54, 1.807) is 17.9 Å². The first-order chi connectivity index (χ1) is 15.6. The molecule has 33 heavy (non-hydrogen) atoms. The average molecular weight is 474 g/mol. The van der Waals surface area contributed by atoms with Crippen LogP contribution in [0.25, 0.3) is 0 Å². The number of ether oxygens (including phenoxy) is 3. The topological polar surface area (TPSA) is 65.1 Å². The Morgan fingerprint density at radius 1 is 1.24 bits per heavy atom. The molecule has 0 aliphatic carbocycles. The number of allylic oxidation sites excluding steroid dienone is 4. The summed E-state index contributed by atoms with van der Waals surface area (Å²) in [6.45, 7) is 14.2. The normalized spacial score (nSPS) is 16.4.